The van der Waals surface area contributed by atoms with Gasteiger partial charge in [-0.1, -0.05) is 6.92 Å². The summed E-state index contributed by atoms with van der Waals surface area (Å²) >= 11 is 1.58. The van der Waals surface area contributed by atoms with Crippen molar-refractivity contribution in [2.24, 2.45) is 5.92 Å². The topological polar surface area (TPSA) is 58.6 Å². The molecule has 0 saturated heterocycles. The second kappa shape index (κ2) is 6.50. The minimum Gasteiger partial charge on any atom is -0.497 e. The van der Waals surface area contributed by atoms with E-state index in [9.17, 15) is 9.90 Å². The van der Waals surface area contributed by atoms with Crippen LogP contribution in [0.4, 0.5) is 0 Å². The highest BCUT2D eigenvalue weighted by Crippen LogP contribution is 2.42. The standard InChI is InChI=1S/C15H21NO3S/c1-3-16-15(14(17)18,11-4-5-11)10-20-13-8-6-12(19-2)7-9-13/h6-9,11,16H,3-5,10H2,1-2H3,(H,17,18). The fourth-order valence-electron chi connectivity index (χ4n) is 2.39. The first-order valence-electron chi connectivity index (χ1n) is 6.87. The molecule has 0 aliphatic heterocycles. The number of methoxy groups -OCH3 is 1. The summed E-state index contributed by atoms with van der Waals surface area (Å²) in [6.45, 7) is 2.63. The fourth-order valence-corrected chi connectivity index (χ4v) is 3.57. The van der Waals surface area contributed by atoms with E-state index in [0.29, 0.717) is 12.3 Å². The Hall–Kier alpha value is -1.20. The molecule has 1 saturated carbocycles. The van der Waals surface area contributed by atoms with Gasteiger partial charge in [0.25, 0.3) is 0 Å². The summed E-state index contributed by atoms with van der Waals surface area (Å²) in [7, 11) is 1.63. The van der Waals surface area contributed by atoms with E-state index in [2.05, 4.69) is 5.32 Å². The number of ether oxygens (including phenoxy) is 1. The highest BCUT2D eigenvalue weighted by atomic mass is 32.2. The Balaban J connectivity index is 2.05. The summed E-state index contributed by atoms with van der Waals surface area (Å²) in [5.74, 6) is 0.883. The van der Waals surface area contributed by atoms with Crippen molar-refractivity contribution in [3.8, 4) is 5.75 Å². The SMILES string of the molecule is CCNC(CSc1ccc(OC)cc1)(C(=O)O)C1CC1. The van der Waals surface area contributed by atoms with Crippen LogP contribution in [0.2, 0.25) is 0 Å². The Morgan fingerprint density at radius 3 is 2.55 bits per heavy atom. The molecule has 20 heavy (non-hydrogen) atoms. The number of carbonyl (C=O) groups is 1. The van der Waals surface area contributed by atoms with Gasteiger partial charge in [0.15, 0.2) is 0 Å². The van der Waals surface area contributed by atoms with E-state index in [1.165, 1.54) is 0 Å². The molecule has 4 nitrogen and oxygen atoms in total. The summed E-state index contributed by atoms with van der Waals surface area (Å²) in [6.07, 6.45) is 2.00. The largest absolute Gasteiger partial charge is 0.497 e. The number of thioether (sulfide) groups is 1. The number of benzene rings is 1. The van der Waals surface area contributed by atoms with Crippen molar-refractivity contribution in [3.05, 3.63) is 24.3 Å². The Labute approximate surface area is 123 Å². The first kappa shape index (κ1) is 15.2. The predicted molar refractivity (Wildman–Crippen MR) is 80.5 cm³/mol. The number of nitrogens with one attached hydrogen (secondary N) is 1. The van der Waals surface area contributed by atoms with Crippen LogP contribution in [0.15, 0.2) is 29.2 Å². The third kappa shape index (κ3) is 3.27. The molecular weight excluding hydrogens is 274 g/mol. The Bertz CT molecular complexity index is 459. The average Bonchev–Trinajstić information content (AvgIpc) is 3.28. The van der Waals surface area contributed by atoms with Gasteiger partial charge in [-0.2, -0.15) is 0 Å². The molecular formula is C15H21NO3S. The number of likely N-dealkylation sites (N-methyl/N-ethyl adjacent to an activating group) is 1. The van der Waals surface area contributed by atoms with Gasteiger partial charge in [0, 0.05) is 10.6 Å². The summed E-state index contributed by atoms with van der Waals surface area (Å²) in [5.41, 5.74) is -0.792. The van der Waals surface area contributed by atoms with Crippen LogP contribution in [0.3, 0.4) is 0 Å². The summed E-state index contributed by atoms with van der Waals surface area (Å²) < 4.78 is 5.12. The minimum absolute atomic E-state index is 0.255. The van der Waals surface area contributed by atoms with E-state index in [4.69, 9.17) is 4.74 Å². The van der Waals surface area contributed by atoms with Gasteiger partial charge in [-0.15, -0.1) is 11.8 Å². The monoisotopic (exact) mass is 295 g/mol. The van der Waals surface area contributed by atoms with Crippen LogP contribution >= 0.6 is 11.8 Å². The van der Waals surface area contributed by atoms with Gasteiger partial charge in [0.05, 0.1) is 7.11 Å². The quantitative estimate of drug-likeness (QED) is 0.722. The molecule has 110 valence electrons. The highest BCUT2D eigenvalue weighted by Gasteiger charge is 2.50. The summed E-state index contributed by atoms with van der Waals surface area (Å²) in [6, 6.07) is 7.73. The zero-order chi connectivity index (χ0) is 14.6. The molecule has 0 heterocycles. The van der Waals surface area contributed by atoms with E-state index in [1.807, 2.05) is 31.2 Å². The van der Waals surface area contributed by atoms with Crippen molar-refractivity contribution in [2.45, 2.75) is 30.2 Å². The maximum Gasteiger partial charge on any atom is 0.325 e. The molecule has 0 radical (unpaired) electrons. The van der Waals surface area contributed by atoms with Crippen LogP contribution in [0, 0.1) is 5.92 Å². The smallest absolute Gasteiger partial charge is 0.325 e. The molecule has 0 aromatic heterocycles. The molecule has 1 aliphatic carbocycles. The zero-order valence-corrected chi connectivity index (χ0v) is 12.7. The van der Waals surface area contributed by atoms with Crippen molar-refractivity contribution >= 4 is 17.7 Å². The van der Waals surface area contributed by atoms with Crippen LogP contribution in [-0.2, 0) is 4.79 Å². The van der Waals surface area contributed by atoms with Crippen molar-refractivity contribution < 1.29 is 14.6 Å². The molecule has 1 aromatic rings. The number of carboxylic acid groups (broad SMARTS) is 1. The first-order chi connectivity index (χ1) is 9.62. The van der Waals surface area contributed by atoms with E-state index in [0.717, 1.165) is 23.5 Å². The molecule has 1 unspecified atom stereocenters. The highest BCUT2D eigenvalue weighted by molar-refractivity contribution is 7.99. The number of hydrogen-bond donors (Lipinski definition) is 2. The maximum atomic E-state index is 11.7. The van der Waals surface area contributed by atoms with E-state index in [-0.39, 0.29) is 5.92 Å². The molecule has 0 bridgehead atoms. The third-order valence-corrected chi connectivity index (χ3v) is 4.88. The average molecular weight is 295 g/mol. The van der Waals surface area contributed by atoms with E-state index >= 15 is 0 Å². The van der Waals surface area contributed by atoms with E-state index < -0.39 is 11.5 Å². The number of hydrogen-bond acceptors (Lipinski definition) is 4. The van der Waals surface area contributed by atoms with Gasteiger partial charge in [-0.05, 0) is 49.6 Å². The van der Waals surface area contributed by atoms with Crippen molar-refractivity contribution in [1.29, 1.82) is 0 Å². The third-order valence-electron chi connectivity index (χ3n) is 3.67. The summed E-state index contributed by atoms with van der Waals surface area (Å²) in [5, 5.41) is 12.8. The second-order valence-electron chi connectivity index (χ2n) is 5.05. The fraction of sp³-hybridized carbons (Fsp3) is 0.533. The molecule has 1 fully saturated rings. The Morgan fingerprint density at radius 1 is 1.45 bits per heavy atom. The number of carboxylic acids is 1. The lowest BCUT2D eigenvalue weighted by Gasteiger charge is -2.30. The number of aliphatic carboxylic acids is 1. The second-order valence-corrected chi connectivity index (χ2v) is 6.09. The lowest BCUT2D eigenvalue weighted by Crippen LogP contribution is -2.56. The van der Waals surface area contributed by atoms with Crippen molar-refractivity contribution in [3.63, 3.8) is 0 Å². The molecule has 0 amide bonds. The van der Waals surface area contributed by atoms with Crippen LogP contribution in [-0.4, -0.2) is 36.0 Å². The Kier molecular flexibility index (Phi) is 4.94. The van der Waals surface area contributed by atoms with Gasteiger partial charge in [0.1, 0.15) is 11.3 Å². The van der Waals surface area contributed by atoms with Crippen LogP contribution in [0.25, 0.3) is 0 Å². The van der Waals surface area contributed by atoms with Gasteiger partial charge in [-0.25, -0.2) is 0 Å². The molecule has 2 rings (SSSR count). The van der Waals surface area contributed by atoms with E-state index in [1.54, 1.807) is 18.9 Å². The van der Waals surface area contributed by atoms with Crippen molar-refractivity contribution in [2.75, 3.05) is 19.4 Å². The first-order valence-corrected chi connectivity index (χ1v) is 7.86. The molecule has 1 aliphatic rings. The van der Waals surface area contributed by atoms with Crippen LogP contribution in [0.5, 0.6) is 5.75 Å². The predicted octanol–water partition coefficient (Wildman–Crippen LogP) is 2.63. The van der Waals surface area contributed by atoms with Gasteiger partial charge in [-0.3, -0.25) is 4.79 Å². The molecule has 2 N–H and O–H groups in total. The molecule has 0 spiro atoms. The Morgan fingerprint density at radius 2 is 2.10 bits per heavy atom. The lowest BCUT2D eigenvalue weighted by atomic mass is 9.96. The minimum atomic E-state index is -0.792. The maximum absolute atomic E-state index is 11.7. The van der Waals surface area contributed by atoms with Gasteiger partial charge in [0.2, 0.25) is 0 Å². The number of rotatable bonds is 8. The van der Waals surface area contributed by atoms with Crippen molar-refractivity contribution in [1.82, 2.24) is 5.32 Å². The van der Waals surface area contributed by atoms with Crippen LogP contribution in [0.1, 0.15) is 19.8 Å². The normalized spacial score (nSPS) is 17.5. The summed E-state index contributed by atoms with van der Waals surface area (Å²) in [4.78, 5) is 12.8. The van der Waals surface area contributed by atoms with Gasteiger partial charge >= 0.3 is 5.97 Å². The zero-order valence-electron chi connectivity index (χ0n) is 11.9. The molecule has 1 atom stereocenters. The molecule has 5 heteroatoms. The van der Waals surface area contributed by atoms with Gasteiger partial charge < -0.3 is 15.2 Å². The molecule has 1 aromatic carbocycles. The lowest BCUT2D eigenvalue weighted by molar-refractivity contribution is -0.144. The van der Waals surface area contributed by atoms with Crippen LogP contribution < -0.4 is 10.1 Å².